The van der Waals surface area contributed by atoms with Gasteiger partial charge in [0.1, 0.15) is 0 Å². The van der Waals surface area contributed by atoms with Crippen LogP contribution in [0.4, 0.5) is 5.69 Å². The van der Waals surface area contributed by atoms with Crippen molar-refractivity contribution in [1.29, 1.82) is 0 Å². The molecule has 3 rings (SSSR count). The van der Waals surface area contributed by atoms with Crippen LogP contribution in [0.15, 0.2) is 53.3 Å². The van der Waals surface area contributed by atoms with Gasteiger partial charge in [-0.1, -0.05) is 17.7 Å². The second-order valence-electron chi connectivity index (χ2n) is 6.34. The van der Waals surface area contributed by atoms with Crippen molar-refractivity contribution in [2.45, 2.75) is 27.3 Å². The Labute approximate surface area is 147 Å². The number of hydrogen-bond donors (Lipinski definition) is 0. The second-order valence-corrected chi connectivity index (χ2v) is 6.34. The fourth-order valence-electron chi connectivity index (χ4n) is 3.09. The van der Waals surface area contributed by atoms with Gasteiger partial charge in [-0.15, -0.1) is 0 Å². The molecule has 4 nitrogen and oxygen atoms in total. The van der Waals surface area contributed by atoms with Gasteiger partial charge in [0.2, 0.25) is 0 Å². The monoisotopic (exact) mass is 334 g/mol. The molecular weight excluding hydrogens is 312 g/mol. The Hall–Kier alpha value is -2.88. The molecule has 0 atom stereocenters. The van der Waals surface area contributed by atoms with Crippen molar-refractivity contribution in [2.24, 2.45) is 0 Å². The molecule has 2 aromatic carbocycles. The van der Waals surface area contributed by atoms with E-state index in [0.717, 1.165) is 27.7 Å². The highest BCUT2D eigenvalue weighted by Crippen LogP contribution is 2.21. The predicted octanol–water partition coefficient (Wildman–Crippen LogP) is 3.91. The number of anilines is 1. The highest BCUT2D eigenvalue weighted by molar-refractivity contribution is 6.07. The van der Waals surface area contributed by atoms with Crippen molar-refractivity contribution < 1.29 is 4.79 Å². The number of aromatic nitrogens is 1. The van der Waals surface area contributed by atoms with Crippen LogP contribution in [-0.4, -0.2) is 17.5 Å². The van der Waals surface area contributed by atoms with Gasteiger partial charge in [-0.05, 0) is 56.7 Å². The van der Waals surface area contributed by atoms with E-state index < -0.39 is 0 Å². The van der Waals surface area contributed by atoms with Gasteiger partial charge in [0.05, 0.1) is 5.52 Å². The van der Waals surface area contributed by atoms with Gasteiger partial charge in [-0.25, -0.2) is 0 Å². The summed E-state index contributed by atoms with van der Waals surface area (Å²) in [5.41, 5.74) is 4.36. The van der Waals surface area contributed by atoms with Crippen LogP contribution in [0.1, 0.15) is 28.4 Å². The summed E-state index contributed by atoms with van der Waals surface area (Å²) in [5, 5.41) is 0.935. The number of hydrogen-bond acceptors (Lipinski definition) is 2. The largest absolute Gasteiger partial charge is 0.311 e. The minimum atomic E-state index is -0.0700. The Bertz CT molecular complexity index is 1000. The third-order valence-corrected chi connectivity index (χ3v) is 4.61. The molecule has 25 heavy (non-hydrogen) atoms. The van der Waals surface area contributed by atoms with Gasteiger partial charge in [0.15, 0.2) is 0 Å². The fraction of sp³-hybridized carbons (Fsp3) is 0.238. The number of carbonyl (C=O) groups is 1. The number of fused-ring (bicyclic) bond motifs is 1. The lowest BCUT2D eigenvalue weighted by atomic mass is 10.1. The van der Waals surface area contributed by atoms with Gasteiger partial charge < -0.3 is 9.47 Å². The summed E-state index contributed by atoms with van der Waals surface area (Å²) in [7, 11) is 1.77. The summed E-state index contributed by atoms with van der Waals surface area (Å²) in [6, 6.07) is 15.0. The topological polar surface area (TPSA) is 42.3 Å². The number of carbonyl (C=O) groups excluding carboxylic acids is 1. The average molecular weight is 334 g/mol. The molecule has 0 saturated heterocycles. The normalized spacial score (nSPS) is 10.9. The summed E-state index contributed by atoms with van der Waals surface area (Å²) >= 11 is 0. The fourth-order valence-corrected chi connectivity index (χ4v) is 3.09. The van der Waals surface area contributed by atoms with Crippen molar-refractivity contribution in [2.75, 3.05) is 11.9 Å². The quantitative estimate of drug-likeness (QED) is 0.729. The number of aryl methyl sites for hydroxylation is 3. The third kappa shape index (κ3) is 3.07. The van der Waals surface area contributed by atoms with Gasteiger partial charge in [-0.2, -0.15) is 0 Å². The molecule has 4 heteroatoms. The highest BCUT2D eigenvalue weighted by Gasteiger charge is 2.15. The van der Waals surface area contributed by atoms with Crippen LogP contribution in [0.2, 0.25) is 0 Å². The average Bonchev–Trinajstić information content (AvgIpc) is 2.61. The van der Waals surface area contributed by atoms with E-state index in [-0.39, 0.29) is 11.5 Å². The molecule has 0 fully saturated rings. The molecule has 128 valence electrons. The molecule has 0 spiro atoms. The second kappa shape index (κ2) is 6.55. The van der Waals surface area contributed by atoms with E-state index in [4.69, 9.17) is 0 Å². The Kier molecular flexibility index (Phi) is 4.45. The molecule has 0 N–H and O–H groups in total. The first-order valence-electron chi connectivity index (χ1n) is 8.41. The maximum atomic E-state index is 12.9. The minimum absolute atomic E-state index is 0.0108. The summed E-state index contributed by atoms with van der Waals surface area (Å²) in [4.78, 5) is 26.6. The molecule has 1 heterocycles. The molecular formula is C21H22N2O2. The van der Waals surface area contributed by atoms with Crippen molar-refractivity contribution in [3.63, 3.8) is 0 Å². The standard InChI is InChI=1S/C21H22N2O2/c1-5-23-19-11-8-16(13-18(19)15(3)12-20(23)24)21(25)22(4)17-9-6-14(2)7-10-17/h6-13H,5H2,1-4H3. The molecule has 0 radical (unpaired) electrons. The van der Waals surface area contributed by atoms with Crippen molar-refractivity contribution in [3.05, 3.63) is 75.6 Å². The van der Waals surface area contributed by atoms with Gasteiger partial charge in [-0.3, -0.25) is 9.59 Å². The van der Waals surface area contributed by atoms with Crippen LogP contribution in [-0.2, 0) is 6.54 Å². The Morgan fingerprint density at radius 2 is 1.72 bits per heavy atom. The lowest BCUT2D eigenvalue weighted by Gasteiger charge is -2.18. The SMILES string of the molecule is CCn1c(=O)cc(C)c2cc(C(=O)N(C)c3ccc(C)cc3)ccc21. The van der Waals surface area contributed by atoms with E-state index in [2.05, 4.69) is 0 Å². The van der Waals surface area contributed by atoms with E-state index >= 15 is 0 Å². The molecule has 0 aliphatic heterocycles. The number of nitrogens with zero attached hydrogens (tertiary/aromatic N) is 2. The van der Waals surface area contributed by atoms with Gasteiger partial charge in [0.25, 0.3) is 11.5 Å². The van der Waals surface area contributed by atoms with E-state index in [1.54, 1.807) is 28.6 Å². The Morgan fingerprint density at radius 3 is 2.36 bits per heavy atom. The van der Waals surface area contributed by atoms with E-state index in [0.29, 0.717) is 12.1 Å². The maximum Gasteiger partial charge on any atom is 0.258 e. The van der Waals surface area contributed by atoms with Crippen LogP contribution >= 0.6 is 0 Å². The number of amides is 1. The van der Waals surface area contributed by atoms with E-state index in [1.165, 1.54) is 0 Å². The molecule has 0 saturated carbocycles. The van der Waals surface area contributed by atoms with Crippen LogP contribution in [0.3, 0.4) is 0 Å². The number of pyridine rings is 1. The molecule has 0 bridgehead atoms. The first kappa shape index (κ1) is 17.0. The van der Waals surface area contributed by atoms with Crippen molar-refractivity contribution in [3.8, 4) is 0 Å². The molecule has 0 unspecified atom stereocenters. The van der Waals surface area contributed by atoms with Crippen molar-refractivity contribution >= 4 is 22.5 Å². The molecule has 0 aliphatic carbocycles. The lowest BCUT2D eigenvalue weighted by molar-refractivity contribution is 0.0993. The molecule has 1 aromatic heterocycles. The summed E-state index contributed by atoms with van der Waals surface area (Å²) < 4.78 is 1.72. The Balaban J connectivity index is 2.05. The van der Waals surface area contributed by atoms with Crippen LogP contribution < -0.4 is 10.5 Å². The first-order chi connectivity index (χ1) is 11.9. The van der Waals surface area contributed by atoms with Crippen LogP contribution in [0.25, 0.3) is 10.9 Å². The molecule has 0 aliphatic rings. The zero-order valence-electron chi connectivity index (χ0n) is 15.0. The maximum absolute atomic E-state index is 12.9. The predicted molar refractivity (Wildman–Crippen MR) is 103 cm³/mol. The lowest BCUT2D eigenvalue weighted by Crippen LogP contribution is -2.26. The van der Waals surface area contributed by atoms with Gasteiger partial charge >= 0.3 is 0 Å². The smallest absolute Gasteiger partial charge is 0.258 e. The van der Waals surface area contributed by atoms with Crippen LogP contribution in [0.5, 0.6) is 0 Å². The molecule has 3 aromatic rings. The van der Waals surface area contributed by atoms with Crippen LogP contribution in [0, 0.1) is 13.8 Å². The van der Waals surface area contributed by atoms with E-state index in [9.17, 15) is 9.59 Å². The zero-order valence-corrected chi connectivity index (χ0v) is 15.0. The van der Waals surface area contributed by atoms with Crippen molar-refractivity contribution in [1.82, 2.24) is 4.57 Å². The Morgan fingerprint density at radius 1 is 1.04 bits per heavy atom. The summed E-state index contributed by atoms with van der Waals surface area (Å²) in [6.45, 7) is 6.47. The third-order valence-electron chi connectivity index (χ3n) is 4.61. The summed E-state index contributed by atoms with van der Waals surface area (Å²) in [5.74, 6) is -0.0700. The zero-order chi connectivity index (χ0) is 18.1. The first-order valence-corrected chi connectivity index (χ1v) is 8.41. The minimum Gasteiger partial charge on any atom is -0.311 e. The number of benzene rings is 2. The molecule has 1 amide bonds. The highest BCUT2D eigenvalue weighted by atomic mass is 16.2. The van der Waals surface area contributed by atoms with E-state index in [1.807, 2.05) is 57.2 Å². The van der Waals surface area contributed by atoms with Gasteiger partial charge in [0, 0.05) is 36.3 Å². The number of rotatable bonds is 3. The summed E-state index contributed by atoms with van der Waals surface area (Å²) in [6.07, 6.45) is 0.